The van der Waals surface area contributed by atoms with Gasteiger partial charge in [-0.05, 0) is 31.0 Å². The monoisotopic (exact) mass is 437 g/mol. The quantitative estimate of drug-likeness (QED) is 0.490. The Morgan fingerprint density at radius 3 is 2.52 bits per heavy atom. The van der Waals surface area contributed by atoms with Crippen molar-refractivity contribution in [2.24, 2.45) is 0 Å². The van der Waals surface area contributed by atoms with Crippen LogP contribution in [0.15, 0.2) is 53.6 Å². The molecule has 1 aromatic heterocycles. The van der Waals surface area contributed by atoms with Crippen molar-refractivity contribution in [3.8, 4) is 34.1 Å². The zero-order valence-corrected chi connectivity index (χ0v) is 18.6. The number of hydrogen-bond donors (Lipinski definition) is 2. The molecule has 0 saturated heterocycles. The first-order chi connectivity index (χ1) is 15.2. The molecule has 0 spiro atoms. The molecule has 1 saturated carbocycles. The van der Waals surface area contributed by atoms with E-state index in [1.807, 2.05) is 48.5 Å². The number of H-pyrrole nitrogens is 1. The number of nitrogens with zero attached hydrogens (tertiary/aromatic N) is 1. The van der Waals surface area contributed by atoms with E-state index in [4.69, 9.17) is 14.5 Å². The lowest BCUT2D eigenvalue weighted by atomic mass is 10.2. The van der Waals surface area contributed by atoms with Crippen LogP contribution in [-0.2, 0) is 4.79 Å². The summed E-state index contributed by atoms with van der Waals surface area (Å²) in [6.07, 6.45) is 4.56. The Kier molecular flexibility index (Phi) is 6.82. The fourth-order valence-electron chi connectivity index (χ4n) is 3.86. The molecule has 0 unspecified atom stereocenters. The van der Waals surface area contributed by atoms with Gasteiger partial charge in [-0.1, -0.05) is 54.9 Å². The highest BCUT2D eigenvalue weighted by atomic mass is 32.2. The number of hydrogen-bond acceptors (Lipinski definition) is 5. The Labute approximate surface area is 186 Å². The summed E-state index contributed by atoms with van der Waals surface area (Å²) in [7, 11) is 3.23. The van der Waals surface area contributed by atoms with Crippen molar-refractivity contribution < 1.29 is 14.3 Å². The van der Waals surface area contributed by atoms with Gasteiger partial charge in [-0.25, -0.2) is 4.98 Å². The molecule has 0 radical (unpaired) electrons. The highest BCUT2D eigenvalue weighted by Gasteiger charge is 2.19. The summed E-state index contributed by atoms with van der Waals surface area (Å²) in [5.74, 6) is 2.43. The number of nitrogens with one attached hydrogen (secondary N) is 2. The maximum Gasteiger partial charge on any atom is 0.230 e. The first kappa shape index (κ1) is 21.3. The van der Waals surface area contributed by atoms with E-state index >= 15 is 0 Å². The van der Waals surface area contributed by atoms with Gasteiger partial charge in [0, 0.05) is 17.2 Å². The van der Waals surface area contributed by atoms with Gasteiger partial charge < -0.3 is 19.8 Å². The molecular weight excluding hydrogens is 410 g/mol. The largest absolute Gasteiger partial charge is 0.493 e. The third-order valence-corrected chi connectivity index (χ3v) is 6.43. The maximum atomic E-state index is 12.5. The van der Waals surface area contributed by atoms with Gasteiger partial charge in [-0.2, -0.15) is 0 Å². The smallest absolute Gasteiger partial charge is 0.230 e. The molecule has 0 bridgehead atoms. The van der Waals surface area contributed by atoms with Gasteiger partial charge in [-0.3, -0.25) is 4.79 Å². The lowest BCUT2D eigenvalue weighted by Crippen LogP contribution is -2.33. The molecular formula is C24H27N3O3S. The second kappa shape index (κ2) is 9.92. The molecule has 1 heterocycles. The Morgan fingerprint density at radius 2 is 1.81 bits per heavy atom. The van der Waals surface area contributed by atoms with Crippen LogP contribution in [0.1, 0.15) is 25.7 Å². The molecule has 2 aromatic carbocycles. The number of benzene rings is 2. The number of imidazole rings is 1. The number of methoxy groups -OCH3 is 2. The minimum atomic E-state index is 0.0616. The molecule has 162 valence electrons. The standard InChI is InChI=1S/C24H27N3O3S/c1-29-19-13-12-17(14-20(19)30-2)23-26-22(16-8-4-3-5-9-16)24(27-23)31-15-21(28)25-18-10-6-7-11-18/h3-5,8-9,12-14,18H,6-7,10-11,15H2,1-2H3,(H,25,28)(H,26,27). The Morgan fingerprint density at radius 1 is 1.06 bits per heavy atom. The second-order valence-corrected chi connectivity index (χ2v) is 8.50. The summed E-state index contributed by atoms with van der Waals surface area (Å²) in [5, 5.41) is 3.95. The first-order valence-corrected chi connectivity index (χ1v) is 11.5. The highest BCUT2D eigenvalue weighted by molar-refractivity contribution is 8.00. The average Bonchev–Trinajstić information content (AvgIpc) is 3.48. The second-order valence-electron chi connectivity index (χ2n) is 7.54. The van der Waals surface area contributed by atoms with Crippen molar-refractivity contribution in [3.63, 3.8) is 0 Å². The third-order valence-electron chi connectivity index (χ3n) is 5.45. The zero-order valence-electron chi connectivity index (χ0n) is 17.8. The normalized spacial score (nSPS) is 13.9. The van der Waals surface area contributed by atoms with Crippen LogP contribution in [-0.4, -0.2) is 41.9 Å². The molecule has 1 amide bonds. The number of aromatic amines is 1. The summed E-state index contributed by atoms with van der Waals surface area (Å²) in [6, 6.07) is 16.1. The molecule has 0 aliphatic heterocycles. The molecule has 3 aromatic rings. The topological polar surface area (TPSA) is 76.2 Å². The van der Waals surface area contributed by atoms with E-state index in [9.17, 15) is 4.79 Å². The van der Waals surface area contributed by atoms with Crippen molar-refractivity contribution in [1.29, 1.82) is 0 Å². The van der Waals surface area contributed by atoms with Crippen molar-refractivity contribution in [2.75, 3.05) is 20.0 Å². The zero-order chi connectivity index (χ0) is 21.6. The van der Waals surface area contributed by atoms with Crippen molar-refractivity contribution in [3.05, 3.63) is 48.5 Å². The van der Waals surface area contributed by atoms with E-state index in [1.54, 1.807) is 14.2 Å². The minimum absolute atomic E-state index is 0.0616. The van der Waals surface area contributed by atoms with E-state index in [-0.39, 0.29) is 5.91 Å². The van der Waals surface area contributed by atoms with E-state index in [2.05, 4.69) is 10.3 Å². The van der Waals surface area contributed by atoms with Crippen LogP contribution in [0.5, 0.6) is 11.5 Å². The van der Waals surface area contributed by atoms with Crippen molar-refractivity contribution >= 4 is 17.7 Å². The van der Waals surface area contributed by atoms with E-state index in [0.717, 1.165) is 40.5 Å². The van der Waals surface area contributed by atoms with Gasteiger partial charge in [0.05, 0.1) is 25.7 Å². The Bertz CT molecular complexity index is 1030. The SMILES string of the molecule is COc1ccc(-c2nc(SCC(=O)NC3CCCC3)c(-c3ccccc3)[nH]2)cc1OC. The fraction of sp³-hybridized carbons (Fsp3) is 0.333. The number of ether oxygens (including phenoxy) is 2. The van der Waals surface area contributed by atoms with Gasteiger partial charge in [-0.15, -0.1) is 0 Å². The number of thioether (sulfide) groups is 1. The van der Waals surface area contributed by atoms with Gasteiger partial charge in [0.2, 0.25) is 5.91 Å². The average molecular weight is 438 g/mol. The van der Waals surface area contributed by atoms with Crippen LogP contribution < -0.4 is 14.8 Å². The van der Waals surface area contributed by atoms with Crippen LogP contribution in [0.4, 0.5) is 0 Å². The molecule has 0 atom stereocenters. The predicted octanol–water partition coefficient (Wildman–Crippen LogP) is 4.91. The molecule has 1 aliphatic carbocycles. The summed E-state index contributed by atoms with van der Waals surface area (Å²) >= 11 is 1.46. The summed E-state index contributed by atoms with van der Waals surface area (Å²) in [4.78, 5) is 20.7. The number of aromatic nitrogens is 2. The van der Waals surface area contributed by atoms with Crippen molar-refractivity contribution in [1.82, 2.24) is 15.3 Å². The van der Waals surface area contributed by atoms with Crippen LogP contribution >= 0.6 is 11.8 Å². The van der Waals surface area contributed by atoms with Gasteiger partial charge in [0.25, 0.3) is 0 Å². The highest BCUT2D eigenvalue weighted by Crippen LogP contribution is 2.35. The van der Waals surface area contributed by atoms with E-state index in [0.29, 0.717) is 23.3 Å². The summed E-state index contributed by atoms with van der Waals surface area (Å²) < 4.78 is 10.8. The van der Waals surface area contributed by atoms with Gasteiger partial charge in [0.1, 0.15) is 10.9 Å². The molecule has 1 fully saturated rings. The fourth-order valence-corrected chi connectivity index (χ4v) is 4.68. The minimum Gasteiger partial charge on any atom is -0.493 e. The van der Waals surface area contributed by atoms with Crippen LogP contribution in [0, 0.1) is 0 Å². The molecule has 1 aliphatic rings. The number of carbonyl (C=O) groups is 1. The molecule has 31 heavy (non-hydrogen) atoms. The summed E-state index contributed by atoms with van der Waals surface area (Å²) in [5.41, 5.74) is 2.82. The van der Waals surface area contributed by atoms with E-state index in [1.165, 1.54) is 24.6 Å². The maximum absolute atomic E-state index is 12.5. The summed E-state index contributed by atoms with van der Waals surface area (Å²) in [6.45, 7) is 0. The molecule has 4 rings (SSSR count). The lowest BCUT2D eigenvalue weighted by molar-refractivity contribution is -0.119. The lowest BCUT2D eigenvalue weighted by Gasteiger charge is -2.11. The molecule has 6 nitrogen and oxygen atoms in total. The molecule has 2 N–H and O–H groups in total. The third kappa shape index (κ3) is 5.05. The molecule has 7 heteroatoms. The number of amides is 1. The number of rotatable bonds is 8. The van der Waals surface area contributed by atoms with Crippen LogP contribution in [0.2, 0.25) is 0 Å². The first-order valence-electron chi connectivity index (χ1n) is 10.5. The van der Waals surface area contributed by atoms with E-state index < -0.39 is 0 Å². The van der Waals surface area contributed by atoms with Gasteiger partial charge >= 0.3 is 0 Å². The van der Waals surface area contributed by atoms with Gasteiger partial charge in [0.15, 0.2) is 11.5 Å². The number of carbonyl (C=O) groups excluding carboxylic acids is 1. The Balaban J connectivity index is 1.59. The van der Waals surface area contributed by atoms with Crippen LogP contribution in [0.25, 0.3) is 22.6 Å². The van der Waals surface area contributed by atoms with Crippen molar-refractivity contribution in [2.45, 2.75) is 36.8 Å². The van der Waals surface area contributed by atoms with Crippen LogP contribution in [0.3, 0.4) is 0 Å². The predicted molar refractivity (Wildman–Crippen MR) is 124 cm³/mol. The Hall–Kier alpha value is -2.93.